The Morgan fingerprint density at radius 3 is 2.94 bits per heavy atom. The molecule has 2 heterocycles. The van der Waals surface area contributed by atoms with Crippen molar-refractivity contribution in [3.63, 3.8) is 0 Å². The molecule has 18 heavy (non-hydrogen) atoms. The standard InChI is InChI=1S/C13H16N2O3/c1-9(16)15-11-4-2-10(3-5-11)13-8-14-6-12(18-13)7-17-13/h2-5,12,14H,6-8H2,1H3,(H,15,16). The Morgan fingerprint density at radius 2 is 2.22 bits per heavy atom. The molecule has 2 unspecified atom stereocenters. The van der Waals surface area contributed by atoms with Gasteiger partial charge in [0.1, 0.15) is 0 Å². The minimum Gasteiger partial charge on any atom is -0.342 e. The third kappa shape index (κ3) is 2.01. The number of carbonyl (C=O) groups is 1. The van der Waals surface area contributed by atoms with Gasteiger partial charge in [-0.25, -0.2) is 0 Å². The lowest BCUT2D eigenvalue weighted by molar-refractivity contribution is -0.186. The lowest BCUT2D eigenvalue weighted by Crippen LogP contribution is -2.46. The minimum absolute atomic E-state index is 0.0753. The van der Waals surface area contributed by atoms with Crippen LogP contribution in [-0.4, -0.2) is 31.7 Å². The molecule has 2 aliphatic rings. The monoisotopic (exact) mass is 248 g/mol. The molecule has 2 bridgehead atoms. The van der Waals surface area contributed by atoms with Crippen LogP contribution in [0.1, 0.15) is 12.5 Å². The van der Waals surface area contributed by atoms with Gasteiger partial charge < -0.3 is 20.1 Å². The number of morpholine rings is 1. The van der Waals surface area contributed by atoms with Crippen LogP contribution in [0.2, 0.25) is 0 Å². The predicted molar refractivity (Wildman–Crippen MR) is 66.1 cm³/mol. The summed E-state index contributed by atoms with van der Waals surface area (Å²) < 4.78 is 11.7. The van der Waals surface area contributed by atoms with E-state index < -0.39 is 5.79 Å². The molecule has 0 aromatic heterocycles. The molecule has 1 aromatic carbocycles. The molecule has 2 aliphatic heterocycles. The summed E-state index contributed by atoms with van der Waals surface area (Å²) in [4.78, 5) is 11.0. The summed E-state index contributed by atoms with van der Waals surface area (Å²) in [7, 11) is 0. The molecule has 2 atom stereocenters. The molecule has 5 nitrogen and oxygen atoms in total. The maximum atomic E-state index is 11.0. The van der Waals surface area contributed by atoms with E-state index in [2.05, 4.69) is 10.6 Å². The van der Waals surface area contributed by atoms with Gasteiger partial charge in [-0.1, -0.05) is 12.1 Å². The second-order valence-corrected chi connectivity index (χ2v) is 4.69. The Kier molecular flexibility index (Phi) is 2.81. The van der Waals surface area contributed by atoms with Crippen molar-refractivity contribution in [2.24, 2.45) is 0 Å². The van der Waals surface area contributed by atoms with Gasteiger partial charge in [0.05, 0.1) is 19.3 Å². The highest BCUT2D eigenvalue weighted by atomic mass is 16.7. The molecule has 0 spiro atoms. The van der Waals surface area contributed by atoms with Crippen LogP contribution in [0.3, 0.4) is 0 Å². The van der Waals surface area contributed by atoms with Gasteiger partial charge in [0, 0.05) is 24.7 Å². The summed E-state index contributed by atoms with van der Waals surface area (Å²) in [5, 5.41) is 6.05. The number of ether oxygens (including phenoxy) is 2. The van der Waals surface area contributed by atoms with Crippen molar-refractivity contribution in [3.05, 3.63) is 29.8 Å². The summed E-state index contributed by atoms with van der Waals surface area (Å²) in [6.45, 7) is 3.61. The first-order chi connectivity index (χ1) is 8.68. The van der Waals surface area contributed by atoms with Crippen molar-refractivity contribution >= 4 is 11.6 Å². The number of amides is 1. The van der Waals surface area contributed by atoms with Crippen molar-refractivity contribution in [1.29, 1.82) is 0 Å². The van der Waals surface area contributed by atoms with Gasteiger partial charge in [0.25, 0.3) is 0 Å². The van der Waals surface area contributed by atoms with Gasteiger partial charge in [-0.15, -0.1) is 0 Å². The Morgan fingerprint density at radius 1 is 1.44 bits per heavy atom. The maximum Gasteiger partial charge on any atom is 0.221 e. The molecule has 1 aromatic rings. The molecule has 2 N–H and O–H groups in total. The number of fused-ring (bicyclic) bond motifs is 2. The average Bonchev–Trinajstić information content (AvgIpc) is 2.66. The summed E-state index contributed by atoms with van der Waals surface area (Å²) in [6.07, 6.45) is 0.133. The summed E-state index contributed by atoms with van der Waals surface area (Å²) in [6, 6.07) is 7.58. The van der Waals surface area contributed by atoms with Crippen molar-refractivity contribution in [3.8, 4) is 0 Å². The van der Waals surface area contributed by atoms with Crippen molar-refractivity contribution in [1.82, 2.24) is 5.32 Å². The normalized spacial score (nSPS) is 30.2. The quantitative estimate of drug-likeness (QED) is 0.813. The van der Waals surface area contributed by atoms with E-state index in [1.807, 2.05) is 24.3 Å². The van der Waals surface area contributed by atoms with Crippen LogP contribution in [0.4, 0.5) is 5.69 Å². The third-order valence-corrected chi connectivity index (χ3v) is 3.23. The van der Waals surface area contributed by atoms with Gasteiger partial charge in [-0.3, -0.25) is 4.79 Å². The molecule has 0 aliphatic carbocycles. The number of carbonyl (C=O) groups excluding carboxylic acids is 1. The first-order valence-electron chi connectivity index (χ1n) is 6.09. The largest absolute Gasteiger partial charge is 0.342 e. The van der Waals surface area contributed by atoms with Crippen LogP contribution in [0, 0.1) is 0 Å². The molecular formula is C13H16N2O3. The van der Waals surface area contributed by atoms with Gasteiger partial charge in [-0.05, 0) is 12.1 Å². The molecule has 5 heteroatoms. The number of benzene rings is 1. The molecular weight excluding hydrogens is 232 g/mol. The Bertz CT molecular complexity index is 456. The van der Waals surface area contributed by atoms with E-state index in [4.69, 9.17) is 9.47 Å². The molecule has 2 fully saturated rings. The van der Waals surface area contributed by atoms with E-state index in [0.717, 1.165) is 17.8 Å². The Labute approximate surface area is 105 Å². The number of hydrogen-bond acceptors (Lipinski definition) is 4. The minimum atomic E-state index is -0.655. The van der Waals surface area contributed by atoms with Crippen LogP contribution in [0.25, 0.3) is 0 Å². The van der Waals surface area contributed by atoms with E-state index in [9.17, 15) is 4.79 Å². The topological polar surface area (TPSA) is 59.6 Å². The fourth-order valence-electron chi connectivity index (χ4n) is 2.42. The highest BCUT2D eigenvalue weighted by molar-refractivity contribution is 5.88. The number of nitrogens with one attached hydrogen (secondary N) is 2. The van der Waals surface area contributed by atoms with Crippen LogP contribution >= 0.6 is 0 Å². The van der Waals surface area contributed by atoms with Crippen LogP contribution in [0.5, 0.6) is 0 Å². The predicted octanol–water partition coefficient (Wildman–Crippen LogP) is 0.816. The average molecular weight is 248 g/mol. The van der Waals surface area contributed by atoms with E-state index in [-0.39, 0.29) is 12.0 Å². The van der Waals surface area contributed by atoms with Crippen LogP contribution in [-0.2, 0) is 20.1 Å². The highest BCUT2D eigenvalue weighted by Gasteiger charge is 2.45. The number of rotatable bonds is 2. The molecule has 0 radical (unpaired) electrons. The van der Waals surface area contributed by atoms with Gasteiger partial charge >= 0.3 is 0 Å². The van der Waals surface area contributed by atoms with Crippen LogP contribution < -0.4 is 10.6 Å². The third-order valence-electron chi connectivity index (χ3n) is 3.23. The summed E-state index contributed by atoms with van der Waals surface area (Å²) in [5.41, 5.74) is 1.76. The van der Waals surface area contributed by atoms with Crippen molar-refractivity contribution < 1.29 is 14.3 Å². The Hall–Kier alpha value is -1.43. The fourth-order valence-corrected chi connectivity index (χ4v) is 2.42. The van der Waals surface area contributed by atoms with Gasteiger partial charge in [-0.2, -0.15) is 0 Å². The maximum absolute atomic E-state index is 11.0. The first-order valence-corrected chi connectivity index (χ1v) is 6.09. The molecule has 96 valence electrons. The van der Waals surface area contributed by atoms with E-state index in [0.29, 0.717) is 13.2 Å². The molecule has 3 rings (SSSR count). The Balaban J connectivity index is 1.82. The van der Waals surface area contributed by atoms with Crippen LogP contribution in [0.15, 0.2) is 24.3 Å². The van der Waals surface area contributed by atoms with Gasteiger partial charge in [0.15, 0.2) is 0 Å². The van der Waals surface area contributed by atoms with E-state index in [1.54, 1.807) is 0 Å². The van der Waals surface area contributed by atoms with E-state index in [1.165, 1.54) is 6.92 Å². The zero-order valence-corrected chi connectivity index (χ0v) is 10.2. The zero-order valence-electron chi connectivity index (χ0n) is 10.2. The first kappa shape index (κ1) is 11.6. The lowest BCUT2D eigenvalue weighted by Gasteiger charge is -2.32. The second-order valence-electron chi connectivity index (χ2n) is 4.69. The second kappa shape index (κ2) is 4.35. The van der Waals surface area contributed by atoms with Crippen molar-refractivity contribution in [2.45, 2.75) is 18.8 Å². The van der Waals surface area contributed by atoms with Gasteiger partial charge in [0.2, 0.25) is 11.7 Å². The number of anilines is 1. The van der Waals surface area contributed by atoms with E-state index >= 15 is 0 Å². The molecule has 0 saturated carbocycles. The molecule has 2 saturated heterocycles. The zero-order chi connectivity index (χ0) is 12.6. The summed E-state index contributed by atoms with van der Waals surface area (Å²) in [5.74, 6) is -0.730. The summed E-state index contributed by atoms with van der Waals surface area (Å²) >= 11 is 0. The lowest BCUT2D eigenvalue weighted by atomic mass is 10.0. The highest BCUT2D eigenvalue weighted by Crippen LogP contribution is 2.36. The number of hydrogen-bond donors (Lipinski definition) is 2. The molecule has 1 amide bonds. The van der Waals surface area contributed by atoms with Crippen molar-refractivity contribution in [2.75, 3.05) is 25.0 Å². The SMILES string of the molecule is CC(=O)Nc1ccc(C23CNCC(CO2)O3)cc1. The fraction of sp³-hybridized carbons (Fsp3) is 0.462. The smallest absolute Gasteiger partial charge is 0.221 e.